The van der Waals surface area contributed by atoms with Gasteiger partial charge in [0.05, 0.1) is 18.5 Å². The van der Waals surface area contributed by atoms with Gasteiger partial charge in [-0.3, -0.25) is 0 Å². The number of nitrogens with two attached hydrogens (primary N) is 1. The summed E-state index contributed by atoms with van der Waals surface area (Å²) < 4.78 is 5.18. The van der Waals surface area contributed by atoms with Gasteiger partial charge in [-0.05, 0) is 30.7 Å². The first kappa shape index (κ1) is 11.3. The van der Waals surface area contributed by atoms with E-state index in [9.17, 15) is 0 Å². The topological polar surface area (TPSA) is 47.3 Å². The van der Waals surface area contributed by atoms with E-state index in [1.54, 1.807) is 7.11 Å². The van der Waals surface area contributed by atoms with Crippen LogP contribution in [0.15, 0.2) is 42.5 Å². The molecule has 0 aromatic heterocycles. The highest BCUT2D eigenvalue weighted by Gasteiger charge is 2.03. The number of hydrogen-bond donors (Lipinski definition) is 2. The molecule has 17 heavy (non-hydrogen) atoms. The van der Waals surface area contributed by atoms with E-state index in [0.717, 1.165) is 17.1 Å². The number of anilines is 3. The molecule has 2 aromatic rings. The average molecular weight is 228 g/mol. The SMILES string of the molecule is COc1ccc(N)c(Nc2ccccc2C)c1. The predicted octanol–water partition coefficient (Wildman–Crippen LogP) is 3.33. The summed E-state index contributed by atoms with van der Waals surface area (Å²) in [5.41, 5.74) is 9.71. The summed E-state index contributed by atoms with van der Waals surface area (Å²) in [6.45, 7) is 2.05. The van der Waals surface area contributed by atoms with Gasteiger partial charge in [-0.15, -0.1) is 0 Å². The summed E-state index contributed by atoms with van der Waals surface area (Å²) in [6.07, 6.45) is 0. The van der Waals surface area contributed by atoms with Gasteiger partial charge >= 0.3 is 0 Å². The quantitative estimate of drug-likeness (QED) is 0.792. The molecule has 2 aromatic carbocycles. The lowest BCUT2D eigenvalue weighted by Crippen LogP contribution is -1.98. The van der Waals surface area contributed by atoms with Crippen LogP contribution in [-0.2, 0) is 0 Å². The highest BCUT2D eigenvalue weighted by Crippen LogP contribution is 2.28. The molecule has 0 unspecified atom stereocenters. The monoisotopic (exact) mass is 228 g/mol. The van der Waals surface area contributed by atoms with E-state index >= 15 is 0 Å². The van der Waals surface area contributed by atoms with Crippen LogP contribution in [0.3, 0.4) is 0 Å². The molecule has 0 heterocycles. The molecule has 2 rings (SSSR count). The van der Waals surface area contributed by atoms with Crippen molar-refractivity contribution in [3.05, 3.63) is 48.0 Å². The fourth-order valence-electron chi connectivity index (χ4n) is 1.63. The average Bonchev–Trinajstić information content (AvgIpc) is 2.35. The van der Waals surface area contributed by atoms with E-state index in [0.29, 0.717) is 5.69 Å². The third kappa shape index (κ3) is 2.50. The summed E-state index contributed by atoms with van der Waals surface area (Å²) in [7, 11) is 1.64. The molecule has 0 radical (unpaired) electrons. The molecule has 0 aliphatic carbocycles. The second-order valence-electron chi connectivity index (χ2n) is 3.89. The normalized spacial score (nSPS) is 10.0. The zero-order valence-electron chi connectivity index (χ0n) is 10.0. The van der Waals surface area contributed by atoms with Crippen molar-refractivity contribution in [2.45, 2.75) is 6.92 Å². The van der Waals surface area contributed by atoms with Crippen molar-refractivity contribution in [2.24, 2.45) is 0 Å². The van der Waals surface area contributed by atoms with Crippen LogP contribution in [0.2, 0.25) is 0 Å². The summed E-state index contributed by atoms with van der Waals surface area (Å²) >= 11 is 0. The maximum Gasteiger partial charge on any atom is 0.121 e. The van der Waals surface area contributed by atoms with Crippen LogP contribution in [0.5, 0.6) is 5.75 Å². The van der Waals surface area contributed by atoms with Crippen LogP contribution >= 0.6 is 0 Å². The summed E-state index contributed by atoms with van der Waals surface area (Å²) in [5, 5.41) is 3.31. The van der Waals surface area contributed by atoms with Gasteiger partial charge in [-0.1, -0.05) is 18.2 Å². The zero-order chi connectivity index (χ0) is 12.3. The van der Waals surface area contributed by atoms with Crippen molar-refractivity contribution in [1.29, 1.82) is 0 Å². The molecule has 3 nitrogen and oxygen atoms in total. The van der Waals surface area contributed by atoms with Crippen molar-refractivity contribution in [3.8, 4) is 5.75 Å². The summed E-state index contributed by atoms with van der Waals surface area (Å²) in [4.78, 5) is 0. The molecule has 0 amide bonds. The second kappa shape index (κ2) is 4.78. The molecule has 0 aliphatic rings. The smallest absolute Gasteiger partial charge is 0.121 e. The van der Waals surface area contributed by atoms with Crippen LogP contribution in [0.25, 0.3) is 0 Å². The van der Waals surface area contributed by atoms with Gasteiger partial charge in [-0.2, -0.15) is 0 Å². The van der Waals surface area contributed by atoms with Gasteiger partial charge in [0.25, 0.3) is 0 Å². The third-order valence-corrected chi connectivity index (χ3v) is 2.67. The van der Waals surface area contributed by atoms with Gasteiger partial charge < -0.3 is 15.8 Å². The third-order valence-electron chi connectivity index (χ3n) is 2.67. The standard InChI is InChI=1S/C14H16N2O/c1-10-5-3-4-6-13(10)16-14-9-11(17-2)7-8-12(14)15/h3-9,16H,15H2,1-2H3. The molecule has 0 saturated carbocycles. The number of aryl methyl sites for hydroxylation is 1. The summed E-state index contributed by atoms with van der Waals surface area (Å²) in [5.74, 6) is 0.787. The van der Waals surface area contributed by atoms with Gasteiger partial charge in [0.2, 0.25) is 0 Å². The van der Waals surface area contributed by atoms with Crippen LogP contribution in [0.4, 0.5) is 17.1 Å². The Morgan fingerprint density at radius 2 is 1.82 bits per heavy atom. The lowest BCUT2D eigenvalue weighted by atomic mass is 10.2. The maximum atomic E-state index is 5.92. The van der Waals surface area contributed by atoms with Crippen LogP contribution in [0, 0.1) is 6.92 Å². The number of methoxy groups -OCH3 is 1. The molecule has 88 valence electrons. The number of para-hydroxylation sites is 1. The molecular weight excluding hydrogens is 212 g/mol. The van der Waals surface area contributed by atoms with Crippen LogP contribution < -0.4 is 15.8 Å². The molecule has 3 heteroatoms. The number of benzene rings is 2. The maximum absolute atomic E-state index is 5.92. The van der Waals surface area contributed by atoms with E-state index in [4.69, 9.17) is 10.5 Å². The number of rotatable bonds is 3. The second-order valence-corrected chi connectivity index (χ2v) is 3.89. The highest BCUT2D eigenvalue weighted by atomic mass is 16.5. The minimum Gasteiger partial charge on any atom is -0.497 e. The zero-order valence-corrected chi connectivity index (χ0v) is 10.0. The van der Waals surface area contributed by atoms with Gasteiger partial charge in [0, 0.05) is 11.8 Å². The number of nitrogens with one attached hydrogen (secondary N) is 1. The Morgan fingerprint density at radius 1 is 1.06 bits per heavy atom. The van der Waals surface area contributed by atoms with Gasteiger partial charge in [0.1, 0.15) is 5.75 Å². The van der Waals surface area contributed by atoms with Gasteiger partial charge in [-0.25, -0.2) is 0 Å². The van der Waals surface area contributed by atoms with E-state index < -0.39 is 0 Å². The molecule has 0 spiro atoms. The minimum atomic E-state index is 0.703. The minimum absolute atomic E-state index is 0.703. The predicted molar refractivity (Wildman–Crippen MR) is 71.9 cm³/mol. The Labute approximate surface area is 101 Å². The number of ether oxygens (including phenoxy) is 1. The van der Waals surface area contributed by atoms with E-state index in [1.165, 1.54) is 5.56 Å². The van der Waals surface area contributed by atoms with Crippen LogP contribution in [0.1, 0.15) is 5.56 Å². The molecule has 0 fully saturated rings. The van der Waals surface area contributed by atoms with E-state index in [2.05, 4.69) is 18.3 Å². The van der Waals surface area contributed by atoms with E-state index in [1.807, 2.05) is 36.4 Å². The number of nitrogen functional groups attached to an aromatic ring is 1. The lowest BCUT2D eigenvalue weighted by molar-refractivity contribution is 0.415. The van der Waals surface area contributed by atoms with Crippen molar-refractivity contribution in [2.75, 3.05) is 18.2 Å². The van der Waals surface area contributed by atoms with Gasteiger partial charge in [0.15, 0.2) is 0 Å². The largest absolute Gasteiger partial charge is 0.497 e. The Balaban J connectivity index is 2.32. The Bertz CT molecular complexity index is 523. The van der Waals surface area contributed by atoms with Crippen molar-refractivity contribution >= 4 is 17.1 Å². The first-order valence-corrected chi connectivity index (χ1v) is 5.47. The van der Waals surface area contributed by atoms with Crippen molar-refractivity contribution in [3.63, 3.8) is 0 Å². The Hall–Kier alpha value is -2.16. The molecule has 0 bridgehead atoms. The first-order valence-electron chi connectivity index (χ1n) is 5.47. The molecule has 3 N–H and O–H groups in total. The highest BCUT2D eigenvalue weighted by molar-refractivity contribution is 5.75. The molecule has 0 aliphatic heterocycles. The first-order chi connectivity index (χ1) is 8.20. The molecule has 0 atom stereocenters. The molecule has 0 saturated heterocycles. The van der Waals surface area contributed by atoms with E-state index in [-0.39, 0.29) is 0 Å². The summed E-state index contributed by atoms with van der Waals surface area (Å²) in [6, 6.07) is 13.6. The van der Waals surface area contributed by atoms with Crippen molar-refractivity contribution in [1.82, 2.24) is 0 Å². The Morgan fingerprint density at radius 3 is 2.53 bits per heavy atom. The number of hydrogen-bond acceptors (Lipinski definition) is 3. The van der Waals surface area contributed by atoms with Crippen LogP contribution in [-0.4, -0.2) is 7.11 Å². The lowest BCUT2D eigenvalue weighted by Gasteiger charge is -2.12. The molecular formula is C14H16N2O. The fraction of sp³-hybridized carbons (Fsp3) is 0.143. The van der Waals surface area contributed by atoms with Crippen molar-refractivity contribution < 1.29 is 4.74 Å². The Kier molecular flexibility index (Phi) is 3.19. The fourth-order valence-corrected chi connectivity index (χ4v) is 1.63.